The van der Waals surface area contributed by atoms with Crippen molar-refractivity contribution in [1.29, 1.82) is 0 Å². The Bertz CT molecular complexity index is 777. The first-order chi connectivity index (χ1) is 17.3. The highest BCUT2D eigenvalue weighted by Gasteiger charge is 2.45. The van der Waals surface area contributed by atoms with Crippen LogP contribution < -0.4 is 0 Å². The van der Waals surface area contributed by atoms with Gasteiger partial charge in [0.1, 0.15) is 6.10 Å². The van der Waals surface area contributed by atoms with Crippen LogP contribution in [0.25, 0.3) is 0 Å². The minimum atomic E-state index is -2.15. The van der Waals surface area contributed by atoms with E-state index in [0.717, 1.165) is 10.0 Å². The number of hydrogen-bond acceptors (Lipinski definition) is 5. The van der Waals surface area contributed by atoms with E-state index >= 15 is 0 Å². The maximum atomic E-state index is 9.58. The van der Waals surface area contributed by atoms with Crippen LogP contribution in [0, 0.1) is 0 Å². The second-order valence-electron chi connectivity index (χ2n) is 15.3. The molecule has 0 bridgehead atoms. The molecule has 0 radical (unpaired) electrons. The average Bonchev–Trinajstić information content (AvgIpc) is 2.72. The fourth-order valence-electron chi connectivity index (χ4n) is 3.16. The summed E-state index contributed by atoms with van der Waals surface area (Å²) in [4.78, 5) is 0. The van der Waals surface area contributed by atoms with E-state index < -0.39 is 25.0 Å². The number of aliphatic hydroxyl groups excluding tert-OH is 1. The van der Waals surface area contributed by atoms with E-state index in [4.69, 9.17) is 18.0 Å². The molecule has 0 aromatic heterocycles. The number of halogens is 1. The van der Waals surface area contributed by atoms with Crippen LogP contribution in [0.5, 0.6) is 0 Å². The van der Waals surface area contributed by atoms with Crippen molar-refractivity contribution in [3.8, 4) is 0 Å². The summed E-state index contributed by atoms with van der Waals surface area (Å²) in [6.45, 7) is 39.5. The Morgan fingerprint density at radius 1 is 0.795 bits per heavy atom. The van der Waals surface area contributed by atoms with Crippen LogP contribution in [0.15, 0.2) is 22.3 Å². The summed E-state index contributed by atoms with van der Waals surface area (Å²) >= 11 is 2.31. The van der Waals surface area contributed by atoms with Crippen LogP contribution in [0.1, 0.15) is 75.2 Å². The molecular formula is C30H63IO5Si3. The Labute approximate surface area is 259 Å². The molecule has 1 N–H and O–H groups in total. The smallest absolute Gasteiger partial charge is 0.193 e. The molecule has 0 rings (SSSR count). The van der Waals surface area contributed by atoms with Gasteiger partial charge in [0.25, 0.3) is 0 Å². The van der Waals surface area contributed by atoms with Crippen molar-refractivity contribution < 1.29 is 23.1 Å². The Balaban J connectivity index is 6.24. The molecule has 0 aliphatic rings. The van der Waals surface area contributed by atoms with Crippen LogP contribution in [0.4, 0.5) is 0 Å². The first kappa shape index (κ1) is 39.7. The van der Waals surface area contributed by atoms with Crippen molar-refractivity contribution in [3.05, 3.63) is 22.3 Å². The normalized spacial score (nSPS) is 17.2. The predicted octanol–water partition coefficient (Wildman–Crippen LogP) is 9.45. The summed E-state index contributed by atoms with van der Waals surface area (Å²) in [5, 5.41) is 9.86. The highest BCUT2D eigenvalue weighted by molar-refractivity contribution is 14.1. The van der Waals surface area contributed by atoms with Gasteiger partial charge in [-0.1, -0.05) is 68.4 Å². The van der Waals surface area contributed by atoms with Gasteiger partial charge in [-0.15, -0.1) is 6.58 Å². The summed E-state index contributed by atoms with van der Waals surface area (Å²) in [6, 6.07) is 0. The SMILES string of the molecule is C=CC(O[Si](C)(C)C(C)(C)C)[C@H](OCCCO[Si](C)(C)C(C)(C)C)[C@H](C/C(I)=C/CO)O[Si](C)(C)C(C)(C)C. The molecule has 0 saturated heterocycles. The van der Waals surface area contributed by atoms with E-state index in [9.17, 15) is 5.11 Å². The molecule has 3 atom stereocenters. The van der Waals surface area contributed by atoms with Gasteiger partial charge in [0.2, 0.25) is 0 Å². The molecule has 9 heteroatoms. The van der Waals surface area contributed by atoms with Crippen molar-refractivity contribution in [2.75, 3.05) is 19.8 Å². The summed E-state index contributed by atoms with van der Waals surface area (Å²) < 4.78 is 28.2. The highest BCUT2D eigenvalue weighted by Crippen LogP contribution is 2.41. The van der Waals surface area contributed by atoms with E-state index in [1.807, 2.05) is 12.2 Å². The van der Waals surface area contributed by atoms with Crippen molar-refractivity contribution in [3.63, 3.8) is 0 Å². The molecule has 0 aliphatic heterocycles. The molecule has 0 heterocycles. The second kappa shape index (κ2) is 15.4. The first-order valence-corrected chi connectivity index (χ1v) is 24.3. The van der Waals surface area contributed by atoms with Crippen LogP contribution in [-0.2, 0) is 18.0 Å². The predicted molar refractivity (Wildman–Crippen MR) is 186 cm³/mol. The molecular weight excluding hydrogens is 651 g/mol. The van der Waals surface area contributed by atoms with Gasteiger partial charge in [0.05, 0.1) is 18.8 Å². The molecule has 0 amide bonds. The third-order valence-corrected chi connectivity index (χ3v) is 23.4. The van der Waals surface area contributed by atoms with Gasteiger partial charge in [0.15, 0.2) is 25.0 Å². The second-order valence-corrected chi connectivity index (χ2v) is 31.0. The number of rotatable bonds is 16. The lowest BCUT2D eigenvalue weighted by Gasteiger charge is -2.45. The molecule has 0 aliphatic carbocycles. The first-order valence-electron chi connectivity index (χ1n) is 14.5. The molecule has 0 aromatic rings. The van der Waals surface area contributed by atoms with E-state index in [-0.39, 0.29) is 40.0 Å². The van der Waals surface area contributed by atoms with Gasteiger partial charge >= 0.3 is 0 Å². The average molecular weight is 715 g/mol. The van der Waals surface area contributed by atoms with Crippen LogP contribution in [-0.4, -0.2) is 68.2 Å². The fourth-order valence-corrected chi connectivity index (χ4v) is 7.47. The topological polar surface area (TPSA) is 57.2 Å². The molecule has 5 nitrogen and oxygen atoms in total. The van der Waals surface area contributed by atoms with Gasteiger partial charge in [-0.05, 0) is 93.1 Å². The van der Waals surface area contributed by atoms with Gasteiger partial charge in [0, 0.05) is 19.6 Å². The van der Waals surface area contributed by atoms with Gasteiger partial charge in [-0.3, -0.25) is 0 Å². The molecule has 1 unspecified atom stereocenters. The maximum absolute atomic E-state index is 9.58. The zero-order chi connectivity index (χ0) is 31.1. The summed E-state index contributed by atoms with van der Waals surface area (Å²) in [6.07, 6.45) is 4.37. The van der Waals surface area contributed by atoms with Crippen molar-refractivity contribution >= 4 is 47.5 Å². The van der Waals surface area contributed by atoms with E-state index in [1.54, 1.807) is 0 Å². The number of hydrogen-bond donors (Lipinski definition) is 1. The third kappa shape index (κ3) is 12.8. The molecule has 0 aromatic carbocycles. The Hall–Kier alpha value is 0.661. The van der Waals surface area contributed by atoms with Crippen molar-refractivity contribution in [2.45, 2.75) is 148 Å². The lowest BCUT2D eigenvalue weighted by Crippen LogP contribution is -2.54. The lowest BCUT2D eigenvalue weighted by atomic mass is 10.0. The standard InChI is InChI=1S/C30H63IO5Si3/c1-17-25(35-38(13,14)29(5,6)7)27(33-21-18-22-34-37(11,12)28(2,3)4)26(23-24(31)19-20-32)36-39(15,16)30(8,9)10/h17,19,25-27,32H,1,18,20-23H2,2-16H3/b24-19-/t25?,26-,27-/m0/s1. The van der Waals surface area contributed by atoms with Crippen molar-refractivity contribution in [2.24, 2.45) is 0 Å². The summed E-state index contributed by atoms with van der Waals surface area (Å²) in [5.41, 5.74) is 0. The summed E-state index contributed by atoms with van der Waals surface area (Å²) in [7, 11) is -6.08. The van der Waals surface area contributed by atoms with Gasteiger partial charge < -0.3 is 23.1 Å². The largest absolute Gasteiger partial charge is 0.417 e. The Morgan fingerprint density at radius 2 is 1.26 bits per heavy atom. The van der Waals surface area contributed by atoms with Gasteiger partial charge in [-0.25, -0.2) is 0 Å². The monoisotopic (exact) mass is 714 g/mol. The van der Waals surface area contributed by atoms with Crippen molar-refractivity contribution in [1.82, 2.24) is 0 Å². The van der Waals surface area contributed by atoms with Crippen LogP contribution in [0.2, 0.25) is 54.4 Å². The Kier molecular flexibility index (Phi) is 15.7. The zero-order valence-corrected chi connectivity index (χ0v) is 33.2. The molecule has 39 heavy (non-hydrogen) atoms. The minimum Gasteiger partial charge on any atom is -0.417 e. The Morgan fingerprint density at radius 3 is 1.67 bits per heavy atom. The molecule has 0 spiro atoms. The lowest BCUT2D eigenvalue weighted by molar-refractivity contribution is -0.0777. The minimum absolute atomic E-state index is 0.00670. The van der Waals surface area contributed by atoms with Crippen LogP contribution in [0.3, 0.4) is 0 Å². The van der Waals surface area contributed by atoms with Gasteiger partial charge in [-0.2, -0.15) is 0 Å². The van der Waals surface area contributed by atoms with Crippen LogP contribution >= 0.6 is 22.6 Å². The third-order valence-electron chi connectivity index (χ3n) is 8.99. The quantitative estimate of drug-likeness (QED) is 0.0748. The zero-order valence-electron chi connectivity index (χ0n) is 28.1. The fraction of sp³-hybridized carbons (Fsp3) is 0.867. The highest BCUT2D eigenvalue weighted by atomic mass is 127. The number of aliphatic hydroxyl groups is 1. The molecule has 0 saturated carbocycles. The maximum Gasteiger partial charge on any atom is 0.193 e. The molecule has 0 fully saturated rings. The summed E-state index contributed by atoms with van der Waals surface area (Å²) in [5.74, 6) is 0. The molecule has 232 valence electrons. The van der Waals surface area contributed by atoms with E-state index in [2.05, 4.69) is 131 Å². The van der Waals surface area contributed by atoms with E-state index in [0.29, 0.717) is 19.6 Å². The number of ether oxygens (including phenoxy) is 1. The van der Waals surface area contributed by atoms with E-state index in [1.165, 1.54) is 0 Å².